The van der Waals surface area contributed by atoms with Gasteiger partial charge in [0.25, 0.3) is 0 Å². The third kappa shape index (κ3) is 4.59. The number of hydrogen-bond acceptors (Lipinski definition) is 1. The van der Waals surface area contributed by atoms with Crippen LogP contribution < -0.4 is 10.6 Å². The summed E-state index contributed by atoms with van der Waals surface area (Å²) in [6.07, 6.45) is 1.12. The lowest BCUT2D eigenvalue weighted by Crippen LogP contribution is -2.38. The first kappa shape index (κ1) is 16.1. The molecule has 0 bridgehead atoms. The number of benzene rings is 1. The molecule has 1 fully saturated rings. The van der Waals surface area contributed by atoms with E-state index in [0.717, 1.165) is 18.6 Å². The standard InChI is InChI=1S/C13H17F2N3.HI/c1-8-5-12(8)18-13(16-2)17-7-9-6-10(14)3-4-11(9)15;/h3-4,6,8,12H,5,7H2,1-2H3,(H2,16,17,18);1H. The molecule has 2 atom stereocenters. The summed E-state index contributed by atoms with van der Waals surface area (Å²) in [5, 5.41) is 6.20. The number of nitrogens with zero attached hydrogens (tertiary/aromatic N) is 1. The van der Waals surface area contributed by atoms with Crippen molar-refractivity contribution in [1.82, 2.24) is 10.6 Å². The van der Waals surface area contributed by atoms with Crippen molar-refractivity contribution in [2.75, 3.05) is 7.05 Å². The second kappa shape index (κ2) is 7.02. The molecule has 0 aromatic heterocycles. The van der Waals surface area contributed by atoms with Gasteiger partial charge < -0.3 is 10.6 Å². The van der Waals surface area contributed by atoms with E-state index >= 15 is 0 Å². The van der Waals surface area contributed by atoms with Crippen LogP contribution in [0.1, 0.15) is 18.9 Å². The van der Waals surface area contributed by atoms with Gasteiger partial charge >= 0.3 is 0 Å². The van der Waals surface area contributed by atoms with Crippen LogP contribution in [0.15, 0.2) is 23.2 Å². The number of halogens is 3. The maximum absolute atomic E-state index is 13.4. The summed E-state index contributed by atoms with van der Waals surface area (Å²) in [5.74, 6) is 0.411. The molecule has 106 valence electrons. The molecule has 0 saturated heterocycles. The largest absolute Gasteiger partial charge is 0.353 e. The van der Waals surface area contributed by atoms with E-state index in [9.17, 15) is 8.78 Å². The van der Waals surface area contributed by atoms with E-state index < -0.39 is 11.6 Å². The first-order chi connectivity index (χ1) is 8.60. The lowest BCUT2D eigenvalue weighted by atomic mass is 10.2. The summed E-state index contributed by atoms with van der Waals surface area (Å²) in [5.41, 5.74) is 0.293. The Bertz CT molecular complexity index is 465. The number of guanidine groups is 1. The molecule has 1 aromatic carbocycles. The first-order valence-corrected chi connectivity index (χ1v) is 6.01. The highest BCUT2D eigenvalue weighted by molar-refractivity contribution is 14.0. The molecular weight excluding hydrogens is 363 g/mol. The molecule has 1 aliphatic rings. The van der Waals surface area contributed by atoms with E-state index in [0.29, 0.717) is 23.5 Å². The predicted octanol–water partition coefficient (Wildman–Crippen LogP) is 2.66. The molecule has 0 radical (unpaired) electrons. The fraction of sp³-hybridized carbons (Fsp3) is 0.462. The molecule has 1 aromatic rings. The van der Waals surface area contributed by atoms with Crippen LogP contribution in [0.3, 0.4) is 0 Å². The number of hydrogen-bond donors (Lipinski definition) is 2. The minimum absolute atomic E-state index is 0. The maximum Gasteiger partial charge on any atom is 0.191 e. The van der Waals surface area contributed by atoms with Crippen molar-refractivity contribution in [3.8, 4) is 0 Å². The monoisotopic (exact) mass is 381 g/mol. The van der Waals surface area contributed by atoms with Crippen molar-refractivity contribution in [2.45, 2.75) is 25.9 Å². The second-order valence-electron chi connectivity index (χ2n) is 4.63. The van der Waals surface area contributed by atoms with Gasteiger partial charge in [-0.25, -0.2) is 8.78 Å². The number of nitrogens with one attached hydrogen (secondary N) is 2. The van der Waals surface area contributed by atoms with E-state index in [1.165, 1.54) is 6.07 Å². The Morgan fingerprint density at radius 2 is 2.11 bits per heavy atom. The van der Waals surface area contributed by atoms with Crippen LogP contribution >= 0.6 is 24.0 Å². The molecule has 6 heteroatoms. The zero-order chi connectivity index (χ0) is 13.1. The zero-order valence-electron chi connectivity index (χ0n) is 10.9. The Balaban J connectivity index is 0.00000180. The minimum atomic E-state index is -0.438. The normalized spacial score (nSPS) is 21.6. The molecular formula is C13H18F2IN3. The predicted molar refractivity (Wildman–Crippen MR) is 82.7 cm³/mol. The van der Waals surface area contributed by atoms with Gasteiger partial charge in [0.1, 0.15) is 11.6 Å². The molecule has 2 N–H and O–H groups in total. The Labute approximate surface area is 128 Å². The van der Waals surface area contributed by atoms with Crippen molar-refractivity contribution in [3.05, 3.63) is 35.4 Å². The van der Waals surface area contributed by atoms with Gasteiger partial charge in [0.05, 0.1) is 0 Å². The molecule has 1 aliphatic carbocycles. The summed E-state index contributed by atoms with van der Waals surface area (Å²) in [6.45, 7) is 2.36. The molecule has 0 aliphatic heterocycles. The summed E-state index contributed by atoms with van der Waals surface area (Å²) in [6, 6.07) is 3.87. The average Bonchev–Trinajstić information content (AvgIpc) is 3.04. The van der Waals surface area contributed by atoms with Gasteiger partial charge in [0, 0.05) is 25.2 Å². The smallest absolute Gasteiger partial charge is 0.191 e. The molecule has 0 spiro atoms. The van der Waals surface area contributed by atoms with Gasteiger partial charge in [-0.3, -0.25) is 4.99 Å². The highest BCUT2D eigenvalue weighted by Gasteiger charge is 2.33. The van der Waals surface area contributed by atoms with Gasteiger partial charge in [0.15, 0.2) is 5.96 Å². The Hall–Kier alpha value is -0.920. The van der Waals surface area contributed by atoms with Crippen molar-refractivity contribution in [2.24, 2.45) is 10.9 Å². The average molecular weight is 381 g/mol. The maximum atomic E-state index is 13.4. The second-order valence-corrected chi connectivity index (χ2v) is 4.63. The third-order valence-corrected chi connectivity index (χ3v) is 3.11. The van der Waals surface area contributed by atoms with Crippen molar-refractivity contribution in [1.29, 1.82) is 0 Å². The summed E-state index contributed by atoms with van der Waals surface area (Å²) in [7, 11) is 1.66. The quantitative estimate of drug-likeness (QED) is 0.480. The Kier molecular flexibility index (Phi) is 5.96. The van der Waals surface area contributed by atoms with E-state index in [1.807, 2.05) is 0 Å². The zero-order valence-corrected chi connectivity index (χ0v) is 13.2. The summed E-state index contributed by atoms with van der Waals surface area (Å²) < 4.78 is 26.4. The van der Waals surface area contributed by atoms with Crippen LogP contribution in [0, 0.1) is 17.6 Å². The number of aliphatic imine (C=N–C) groups is 1. The van der Waals surface area contributed by atoms with E-state index in [4.69, 9.17) is 0 Å². The van der Waals surface area contributed by atoms with Crippen LogP contribution in [0.25, 0.3) is 0 Å². The topological polar surface area (TPSA) is 36.4 Å². The van der Waals surface area contributed by atoms with Crippen LogP contribution in [-0.2, 0) is 6.54 Å². The lowest BCUT2D eigenvalue weighted by Gasteiger charge is -2.12. The van der Waals surface area contributed by atoms with Gasteiger partial charge in [-0.05, 0) is 30.5 Å². The first-order valence-electron chi connectivity index (χ1n) is 6.01. The van der Waals surface area contributed by atoms with Crippen molar-refractivity contribution in [3.63, 3.8) is 0 Å². The fourth-order valence-corrected chi connectivity index (χ4v) is 1.75. The minimum Gasteiger partial charge on any atom is -0.353 e. The van der Waals surface area contributed by atoms with Crippen LogP contribution in [0.2, 0.25) is 0 Å². The lowest BCUT2D eigenvalue weighted by molar-refractivity contribution is 0.581. The van der Waals surface area contributed by atoms with Gasteiger partial charge in [0.2, 0.25) is 0 Å². The van der Waals surface area contributed by atoms with Crippen LogP contribution in [-0.4, -0.2) is 19.0 Å². The highest BCUT2D eigenvalue weighted by atomic mass is 127. The summed E-state index contributed by atoms with van der Waals surface area (Å²) >= 11 is 0. The van der Waals surface area contributed by atoms with Gasteiger partial charge in [-0.2, -0.15) is 0 Å². The van der Waals surface area contributed by atoms with E-state index in [1.54, 1.807) is 7.05 Å². The molecule has 2 rings (SSSR count). The van der Waals surface area contributed by atoms with Gasteiger partial charge in [-0.1, -0.05) is 6.92 Å². The SMILES string of the molecule is CN=C(NCc1cc(F)ccc1F)NC1CC1C.I. The van der Waals surface area contributed by atoms with E-state index in [-0.39, 0.29) is 30.5 Å². The molecule has 19 heavy (non-hydrogen) atoms. The molecule has 3 nitrogen and oxygen atoms in total. The van der Waals surface area contributed by atoms with Crippen LogP contribution in [0.5, 0.6) is 0 Å². The van der Waals surface area contributed by atoms with Crippen molar-refractivity contribution >= 4 is 29.9 Å². The third-order valence-electron chi connectivity index (χ3n) is 3.11. The fourth-order valence-electron chi connectivity index (χ4n) is 1.75. The molecule has 0 amide bonds. The number of rotatable bonds is 3. The highest BCUT2D eigenvalue weighted by Crippen LogP contribution is 2.28. The molecule has 2 unspecified atom stereocenters. The Morgan fingerprint density at radius 1 is 1.42 bits per heavy atom. The summed E-state index contributed by atoms with van der Waals surface area (Å²) in [4.78, 5) is 4.05. The van der Waals surface area contributed by atoms with Crippen LogP contribution in [0.4, 0.5) is 8.78 Å². The molecule has 0 heterocycles. The van der Waals surface area contributed by atoms with Crippen molar-refractivity contribution < 1.29 is 8.78 Å². The molecule has 1 saturated carbocycles. The van der Waals surface area contributed by atoms with E-state index in [2.05, 4.69) is 22.5 Å². The Morgan fingerprint density at radius 3 is 2.68 bits per heavy atom. The van der Waals surface area contributed by atoms with Gasteiger partial charge in [-0.15, -0.1) is 24.0 Å².